The van der Waals surface area contributed by atoms with Crippen molar-refractivity contribution < 1.29 is 22.3 Å². The number of pyridine rings is 1. The molecule has 0 saturated heterocycles. The topological polar surface area (TPSA) is 75.3 Å². The number of hydrogen-bond donors (Lipinski definition) is 1. The average Bonchev–Trinajstić information content (AvgIpc) is 2.47. The molecule has 1 aromatic heterocycles. The first-order valence-corrected chi connectivity index (χ1v) is 7.78. The van der Waals surface area contributed by atoms with Gasteiger partial charge in [-0.15, -0.1) is 5.73 Å². The zero-order valence-electron chi connectivity index (χ0n) is 11.9. The SMILES string of the molecule is C=C=C(C(C)=O)c1cc[n+](-c2ccccc2S(=O)(=O)O)cc1. The largest absolute Gasteiger partial charge is 0.301 e. The number of Topliss-reactive ketones (excluding diaryl/α,β-unsaturated/α-hetero) is 1. The van der Waals surface area contributed by atoms with Crippen LogP contribution in [0.5, 0.6) is 0 Å². The van der Waals surface area contributed by atoms with Gasteiger partial charge < -0.3 is 0 Å². The van der Waals surface area contributed by atoms with Crippen LogP contribution in [0.15, 0.2) is 66.0 Å². The van der Waals surface area contributed by atoms with E-state index in [0.717, 1.165) is 0 Å². The van der Waals surface area contributed by atoms with E-state index in [1.54, 1.807) is 36.7 Å². The predicted molar refractivity (Wildman–Crippen MR) is 81.0 cm³/mol. The maximum Gasteiger partial charge on any atom is 0.301 e. The zero-order valence-corrected chi connectivity index (χ0v) is 12.7. The standard InChI is InChI=1S/C16H13NO4S/c1-3-14(12(2)18)13-8-10-17(11-9-13)15-6-4-5-7-16(15)22(19,20)21/h4-11H,1H2,2H3/p+1. The van der Waals surface area contributed by atoms with Crippen LogP contribution in [0.4, 0.5) is 0 Å². The summed E-state index contributed by atoms with van der Waals surface area (Å²) in [6, 6.07) is 9.37. The van der Waals surface area contributed by atoms with Crippen molar-refractivity contribution in [1.29, 1.82) is 0 Å². The van der Waals surface area contributed by atoms with E-state index in [0.29, 0.717) is 16.8 Å². The van der Waals surface area contributed by atoms with Crippen LogP contribution in [-0.2, 0) is 14.9 Å². The summed E-state index contributed by atoms with van der Waals surface area (Å²) >= 11 is 0. The van der Waals surface area contributed by atoms with Crippen LogP contribution >= 0.6 is 0 Å². The van der Waals surface area contributed by atoms with Gasteiger partial charge in [-0.1, -0.05) is 18.7 Å². The van der Waals surface area contributed by atoms with Crippen LogP contribution in [0.3, 0.4) is 0 Å². The quantitative estimate of drug-likeness (QED) is 0.405. The maximum atomic E-state index is 11.5. The molecule has 0 atom stereocenters. The number of benzene rings is 1. The van der Waals surface area contributed by atoms with Gasteiger partial charge in [-0.25, -0.2) is 0 Å². The monoisotopic (exact) mass is 316 g/mol. The molecule has 1 heterocycles. The lowest BCUT2D eigenvalue weighted by Crippen LogP contribution is -2.31. The Morgan fingerprint density at radius 3 is 2.27 bits per heavy atom. The van der Waals surface area contributed by atoms with Crippen LogP contribution in [0.2, 0.25) is 0 Å². The molecular formula is C16H14NO4S+. The Morgan fingerprint density at radius 2 is 1.77 bits per heavy atom. The Hall–Kier alpha value is -2.53. The third-order valence-electron chi connectivity index (χ3n) is 3.07. The number of allylic oxidation sites excluding steroid dienone is 1. The smallest absolute Gasteiger partial charge is 0.294 e. The number of ketones is 1. The minimum absolute atomic E-state index is 0.161. The fourth-order valence-corrected chi connectivity index (χ4v) is 2.76. The molecule has 0 bridgehead atoms. The summed E-state index contributed by atoms with van der Waals surface area (Å²) in [4.78, 5) is 11.3. The lowest BCUT2D eigenvalue weighted by molar-refractivity contribution is -0.598. The van der Waals surface area contributed by atoms with Gasteiger partial charge in [0.25, 0.3) is 0 Å². The molecule has 0 amide bonds. The summed E-state index contributed by atoms with van der Waals surface area (Å²) in [7, 11) is -4.33. The summed E-state index contributed by atoms with van der Waals surface area (Å²) in [6.07, 6.45) is 3.19. The molecule has 6 heteroatoms. The molecule has 112 valence electrons. The maximum absolute atomic E-state index is 11.5. The molecule has 0 aliphatic heterocycles. The Balaban J connectivity index is 2.54. The summed E-state index contributed by atoms with van der Waals surface area (Å²) in [5.74, 6) is -0.161. The Morgan fingerprint density at radius 1 is 1.18 bits per heavy atom. The van der Waals surface area contributed by atoms with E-state index in [4.69, 9.17) is 0 Å². The van der Waals surface area contributed by atoms with Gasteiger partial charge in [-0.2, -0.15) is 13.0 Å². The molecule has 0 spiro atoms. The molecule has 0 aliphatic carbocycles. The van der Waals surface area contributed by atoms with Crippen LogP contribution in [0.25, 0.3) is 11.3 Å². The van der Waals surface area contributed by atoms with Crippen molar-refractivity contribution in [2.75, 3.05) is 0 Å². The molecule has 0 saturated carbocycles. The number of hydrogen-bond acceptors (Lipinski definition) is 3. The first-order valence-electron chi connectivity index (χ1n) is 6.34. The van der Waals surface area contributed by atoms with Crippen molar-refractivity contribution in [3.8, 4) is 5.69 Å². The number of rotatable bonds is 4. The van der Waals surface area contributed by atoms with E-state index < -0.39 is 10.1 Å². The summed E-state index contributed by atoms with van der Waals surface area (Å²) in [6.45, 7) is 4.90. The Bertz CT molecular complexity index is 877. The van der Waals surface area contributed by atoms with Crippen LogP contribution in [0, 0.1) is 0 Å². The van der Waals surface area contributed by atoms with Crippen LogP contribution < -0.4 is 4.57 Å². The van der Waals surface area contributed by atoms with E-state index in [2.05, 4.69) is 12.3 Å². The molecule has 5 nitrogen and oxygen atoms in total. The summed E-state index contributed by atoms with van der Waals surface area (Å²) in [5, 5.41) is 0. The zero-order chi connectivity index (χ0) is 16.3. The number of carbonyl (C=O) groups is 1. The third kappa shape index (κ3) is 3.20. The Kier molecular flexibility index (Phi) is 4.37. The number of aromatic nitrogens is 1. The van der Waals surface area contributed by atoms with E-state index in [1.807, 2.05) is 0 Å². The van der Waals surface area contributed by atoms with E-state index >= 15 is 0 Å². The summed E-state index contributed by atoms with van der Waals surface area (Å²) in [5.41, 5.74) is 3.88. The second kappa shape index (κ2) is 6.07. The summed E-state index contributed by atoms with van der Waals surface area (Å²) < 4.78 is 33.6. The van der Waals surface area contributed by atoms with Gasteiger partial charge in [0.15, 0.2) is 23.1 Å². The predicted octanol–water partition coefficient (Wildman–Crippen LogP) is 1.97. The lowest BCUT2D eigenvalue weighted by atomic mass is 10.1. The molecule has 0 aliphatic rings. The van der Waals surface area contributed by atoms with Crippen molar-refractivity contribution in [2.45, 2.75) is 11.8 Å². The molecule has 22 heavy (non-hydrogen) atoms. The van der Waals surface area contributed by atoms with Crippen molar-refractivity contribution >= 4 is 21.5 Å². The molecular weight excluding hydrogens is 302 g/mol. The van der Waals surface area contributed by atoms with Crippen molar-refractivity contribution in [3.05, 3.63) is 66.7 Å². The highest BCUT2D eigenvalue weighted by Gasteiger charge is 2.21. The Labute approximate surface area is 128 Å². The van der Waals surface area contributed by atoms with Gasteiger partial charge in [0.2, 0.25) is 5.69 Å². The highest BCUT2D eigenvalue weighted by Crippen LogP contribution is 2.16. The molecule has 0 unspecified atom stereocenters. The molecule has 1 aromatic carbocycles. The van der Waals surface area contributed by atoms with Crippen LogP contribution in [-0.4, -0.2) is 18.8 Å². The second-order valence-electron chi connectivity index (χ2n) is 4.54. The molecule has 0 fully saturated rings. The second-order valence-corrected chi connectivity index (χ2v) is 5.93. The van der Waals surface area contributed by atoms with Crippen molar-refractivity contribution in [1.82, 2.24) is 0 Å². The van der Waals surface area contributed by atoms with Gasteiger partial charge in [0.05, 0.1) is 5.57 Å². The van der Waals surface area contributed by atoms with Crippen molar-refractivity contribution in [3.63, 3.8) is 0 Å². The van der Waals surface area contributed by atoms with Gasteiger partial charge in [-0.05, 0) is 13.0 Å². The minimum Gasteiger partial charge on any atom is -0.294 e. The first kappa shape index (κ1) is 15.9. The van der Waals surface area contributed by atoms with Gasteiger partial charge in [0, 0.05) is 23.8 Å². The van der Waals surface area contributed by atoms with E-state index in [-0.39, 0.29) is 10.7 Å². The van der Waals surface area contributed by atoms with Crippen molar-refractivity contribution in [2.24, 2.45) is 0 Å². The third-order valence-corrected chi connectivity index (χ3v) is 3.97. The fourth-order valence-electron chi connectivity index (χ4n) is 2.07. The highest BCUT2D eigenvalue weighted by molar-refractivity contribution is 7.86. The number of nitrogens with zero attached hydrogens (tertiary/aromatic N) is 1. The number of para-hydroxylation sites is 1. The van der Waals surface area contributed by atoms with Gasteiger partial charge in [-0.3, -0.25) is 9.35 Å². The molecule has 0 radical (unpaired) electrons. The fraction of sp³-hybridized carbons (Fsp3) is 0.0625. The highest BCUT2D eigenvalue weighted by atomic mass is 32.2. The average molecular weight is 316 g/mol. The van der Waals surface area contributed by atoms with Gasteiger partial charge in [0.1, 0.15) is 0 Å². The molecule has 1 N–H and O–H groups in total. The normalized spacial score (nSPS) is 10.8. The molecule has 2 aromatic rings. The molecule has 2 rings (SSSR count). The van der Waals surface area contributed by atoms with Gasteiger partial charge >= 0.3 is 10.1 Å². The number of carbonyl (C=O) groups excluding carboxylic acids is 1. The lowest BCUT2D eigenvalue weighted by Gasteiger charge is -2.03. The first-order chi connectivity index (χ1) is 10.3. The van der Waals surface area contributed by atoms with E-state index in [9.17, 15) is 17.8 Å². The minimum atomic E-state index is -4.33. The van der Waals surface area contributed by atoms with Crippen LogP contribution in [0.1, 0.15) is 12.5 Å². The van der Waals surface area contributed by atoms with E-state index in [1.165, 1.54) is 23.6 Å².